The quantitative estimate of drug-likeness (QED) is 0.734. The number of aliphatic hydroxyl groups is 1. The summed E-state index contributed by atoms with van der Waals surface area (Å²) in [7, 11) is 0. The minimum Gasteiger partial charge on any atom is -0.457 e. The number of hydrogen-bond donors (Lipinski definition) is 1. The smallest absolute Gasteiger partial charge is 0.303 e. The maximum atomic E-state index is 16.8. The van der Waals surface area contributed by atoms with Crippen molar-refractivity contribution in [1.82, 2.24) is 0 Å². The number of esters is 1. The minimum absolute atomic E-state index is 0.118. The van der Waals surface area contributed by atoms with Crippen molar-refractivity contribution >= 4 is 17.5 Å². The summed E-state index contributed by atoms with van der Waals surface area (Å²) in [5.41, 5.74) is -2.33. The van der Waals surface area contributed by atoms with Crippen LogP contribution in [0.2, 0.25) is 0 Å². The van der Waals surface area contributed by atoms with E-state index in [1.54, 1.807) is 13.0 Å². The van der Waals surface area contributed by atoms with Crippen LogP contribution in [-0.4, -0.2) is 41.0 Å². The van der Waals surface area contributed by atoms with E-state index in [0.717, 1.165) is 5.57 Å². The number of halogens is 1. The SMILES string of the molecule is CC(=O)OCC(=O)C1=CC[C@H]2[C@@H]3CCC4=CC(=O)C=C[C@]4(C)C3(F)[C@@H](O)C[C@]12C. The first-order valence-corrected chi connectivity index (χ1v) is 10.2. The third-order valence-corrected chi connectivity index (χ3v) is 7.93. The molecule has 6 heteroatoms. The molecule has 6 atom stereocenters. The lowest BCUT2D eigenvalue weighted by molar-refractivity contribution is -0.185. The molecule has 4 aliphatic carbocycles. The van der Waals surface area contributed by atoms with Gasteiger partial charge in [-0.15, -0.1) is 0 Å². The first kappa shape index (κ1) is 20.2. The van der Waals surface area contributed by atoms with Crippen LogP contribution >= 0.6 is 0 Å². The van der Waals surface area contributed by atoms with E-state index in [1.807, 2.05) is 13.0 Å². The average molecular weight is 402 g/mol. The lowest BCUT2D eigenvalue weighted by Crippen LogP contribution is -2.66. The molecule has 1 N–H and O–H groups in total. The fourth-order valence-electron chi connectivity index (χ4n) is 6.46. The maximum absolute atomic E-state index is 16.8. The van der Waals surface area contributed by atoms with Crippen LogP contribution in [0.25, 0.3) is 0 Å². The van der Waals surface area contributed by atoms with Gasteiger partial charge in [-0.3, -0.25) is 14.4 Å². The molecule has 0 amide bonds. The van der Waals surface area contributed by atoms with Gasteiger partial charge in [-0.05, 0) is 50.7 Å². The van der Waals surface area contributed by atoms with Crippen LogP contribution in [0.4, 0.5) is 4.39 Å². The number of Topliss-reactive ketones (excluding diaryl/α,β-unsaturated/α-hetero) is 1. The number of rotatable bonds is 3. The Morgan fingerprint density at radius 3 is 2.72 bits per heavy atom. The Labute approximate surface area is 169 Å². The molecule has 0 aliphatic heterocycles. The normalized spacial score (nSPS) is 42.9. The van der Waals surface area contributed by atoms with E-state index in [4.69, 9.17) is 4.74 Å². The van der Waals surface area contributed by atoms with Crippen molar-refractivity contribution in [3.63, 3.8) is 0 Å². The van der Waals surface area contributed by atoms with Gasteiger partial charge in [0.1, 0.15) is 0 Å². The van der Waals surface area contributed by atoms with Gasteiger partial charge in [-0.1, -0.05) is 24.6 Å². The topological polar surface area (TPSA) is 80.7 Å². The van der Waals surface area contributed by atoms with Gasteiger partial charge >= 0.3 is 5.97 Å². The number of ether oxygens (including phenoxy) is 1. The van der Waals surface area contributed by atoms with Crippen molar-refractivity contribution in [2.24, 2.45) is 22.7 Å². The van der Waals surface area contributed by atoms with Crippen LogP contribution in [0, 0.1) is 22.7 Å². The standard InChI is InChI=1S/C23H27FO5/c1-13(25)29-12-19(27)18-7-6-16-17-5-4-14-10-15(26)8-9-22(14,3)23(17,24)20(28)11-21(16,18)2/h7-10,16-17,20,28H,4-6,11-12H2,1-3H3/t16-,17-,20-,21-,22-,23?/m0/s1. The van der Waals surface area contributed by atoms with E-state index in [2.05, 4.69) is 0 Å². The van der Waals surface area contributed by atoms with Crippen LogP contribution in [-0.2, 0) is 19.1 Å². The predicted octanol–water partition coefficient (Wildman–Crippen LogP) is 3.03. The molecule has 0 saturated heterocycles. The Morgan fingerprint density at radius 1 is 1.31 bits per heavy atom. The van der Waals surface area contributed by atoms with Crippen molar-refractivity contribution in [1.29, 1.82) is 0 Å². The van der Waals surface area contributed by atoms with Crippen molar-refractivity contribution in [2.45, 2.75) is 58.2 Å². The van der Waals surface area contributed by atoms with Gasteiger partial charge in [-0.25, -0.2) is 4.39 Å². The van der Waals surface area contributed by atoms with Crippen molar-refractivity contribution in [2.75, 3.05) is 6.61 Å². The Morgan fingerprint density at radius 2 is 2.03 bits per heavy atom. The number of allylic oxidation sites excluding steroid dienone is 5. The number of alkyl halides is 1. The molecule has 0 radical (unpaired) electrons. The summed E-state index contributed by atoms with van der Waals surface area (Å²) in [4.78, 5) is 35.6. The maximum Gasteiger partial charge on any atom is 0.303 e. The van der Waals surface area contributed by atoms with Crippen molar-refractivity contribution in [3.8, 4) is 0 Å². The van der Waals surface area contributed by atoms with Gasteiger partial charge in [0.2, 0.25) is 0 Å². The molecular formula is C23H27FO5. The zero-order valence-corrected chi connectivity index (χ0v) is 17.0. The average Bonchev–Trinajstić information content (AvgIpc) is 2.98. The molecule has 29 heavy (non-hydrogen) atoms. The summed E-state index contributed by atoms with van der Waals surface area (Å²) in [6.45, 7) is 4.60. The molecule has 0 heterocycles. The van der Waals surface area contributed by atoms with Gasteiger partial charge < -0.3 is 9.84 Å². The number of ketones is 2. The molecule has 2 saturated carbocycles. The third kappa shape index (κ3) is 2.64. The highest BCUT2D eigenvalue weighted by Gasteiger charge is 2.69. The number of fused-ring (bicyclic) bond motifs is 5. The van der Waals surface area contributed by atoms with Crippen LogP contribution in [0.1, 0.15) is 46.5 Å². The summed E-state index contributed by atoms with van der Waals surface area (Å²) < 4.78 is 21.7. The number of carbonyl (C=O) groups is 3. The highest BCUT2D eigenvalue weighted by Crippen LogP contribution is 2.67. The monoisotopic (exact) mass is 402 g/mol. The molecular weight excluding hydrogens is 375 g/mol. The largest absolute Gasteiger partial charge is 0.457 e. The lowest BCUT2D eigenvalue weighted by atomic mass is 9.45. The van der Waals surface area contributed by atoms with Crippen LogP contribution < -0.4 is 0 Å². The second kappa shape index (κ2) is 6.46. The summed E-state index contributed by atoms with van der Waals surface area (Å²) in [5, 5.41) is 11.1. The zero-order chi connectivity index (χ0) is 21.2. The summed E-state index contributed by atoms with van der Waals surface area (Å²) in [5.74, 6) is -1.52. The second-order valence-electron chi connectivity index (χ2n) is 9.32. The van der Waals surface area contributed by atoms with E-state index in [0.29, 0.717) is 24.8 Å². The predicted molar refractivity (Wildman–Crippen MR) is 103 cm³/mol. The number of aliphatic hydroxyl groups excluding tert-OH is 1. The summed E-state index contributed by atoms with van der Waals surface area (Å²) in [6, 6.07) is 0. The molecule has 156 valence electrons. The van der Waals surface area contributed by atoms with E-state index >= 15 is 4.39 Å². The Hall–Kier alpha value is -2.08. The fourth-order valence-corrected chi connectivity index (χ4v) is 6.46. The van der Waals surface area contributed by atoms with Gasteiger partial charge in [-0.2, -0.15) is 0 Å². The summed E-state index contributed by atoms with van der Waals surface area (Å²) >= 11 is 0. The molecule has 4 aliphatic rings. The van der Waals surface area contributed by atoms with Crippen molar-refractivity contribution < 1.29 is 28.6 Å². The van der Waals surface area contributed by atoms with E-state index in [1.165, 1.54) is 19.1 Å². The number of carbonyl (C=O) groups excluding carboxylic acids is 3. The molecule has 0 bridgehead atoms. The van der Waals surface area contributed by atoms with Crippen LogP contribution in [0.15, 0.2) is 35.5 Å². The first-order chi connectivity index (χ1) is 13.5. The molecule has 1 unspecified atom stereocenters. The van der Waals surface area contributed by atoms with Crippen LogP contribution in [0.5, 0.6) is 0 Å². The number of hydrogen-bond acceptors (Lipinski definition) is 5. The Bertz CT molecular complexity index is 886. The van der Waals surface area contributed by atoms with E-state index in [-0.39, 0.29) is 30.5 Å². The second-order valence-corrected chi connectivity index (χ2v) is 9.32. The highest BCUT2D eigenvalue weighted by molar-refractivity contribution is 6.01. The summed E-state index contributed by atoms with van der Waals surface area (Å²) in [6.07, 6.45) is 6.89. The van der Waals surface area contributed by atoms with Gasteiger partial charge in [0, 0.05) is 29.2 Å². The molecule has 0 aromatic carbocycles. The first-order valence-electron chi connectivity index (χ1n) is 10.2. The van der Waals surface area contributed by atoms with Gasteiger partial charge in [0.05, 0.1) is 6.10 Å². The molecule has 0 aromatic rings. The molecule has 5 nitrogen and oxygen atoms in total. The zero-order valence-electron chi connectivity index (χ0n) is 17.0. The van der Waals surface area contributed by atoms with E-state index < -0.39 is 34.5 Å². The lowest BCUT2D eigenvalue weighted by Gasteiger charge is -2.61. The molecule has 0 spiro atoms. The fraction of sp³-hybridized carbons (Fsp3) is 0.609. The highest BCUT2D eigenvalue weighted by atomic mass is 19.1. The minimum atomic E-state index is -1.90. The third-order valence-electron chi connectivity index (χ3n) is 7.93. The Balaban J connectivity index is 1.68. The van der Waals surface area contributed by atoms with Crippen molar-refractivity contribution in [3.05, 3.63) is 35.5 Å². The molecule has 2 fully saturated rings. The van der Waals surface area contributed by atoms with Crippen LogP contribution in [0.3, 0.4) is 0 Å². The Kier molecular flexibility index (Phi) is 4.50. The van der Waals surface area contributed by atoms with E-state index in [9.17, 15) is 19.5 Å². The van der Waals surface area contributed by atoms with Gasteiger partial charge in [0.15, 0.2) is 23.8 Å². The van der Waals surface area contributed by atoms with Gasteiger partial charge in [0.25, 0.3) is 0 Å². The molecule has 4 rings (SSSR count). The molecule has 0 aromatic heterocycles.